The summed E-state index contributed by atoms with van der Waals surface area (Å²) < 4.78 is 3.82. The topological polar surface area (TPSA) is 60.6 Å². The van der Waals surface area contributed by atoms with E-state index < -0.39 is 0 Å². The van der Waals surface area contributed by atoms with Crippen molar-refractivity contribution < 1.29 is 0 Å². The normalized spacial score (nSPS) is 11.1. The number of nitrogens with zero attached hydrogens (tertiary/aromatic N) is 5. The van der Waals surface area contributed by atoms with E-state index in [1.807, 2.05) is 22.5 Å². The Balaban J connectivity index is 2.40. The molecular formula is C12H20N6. The third kappa shape index (κ3) is 2.43. The number of rotatable bonds is 6. The van der Waals surface area contributed by atoms with Gasteiger partial charge in [0.2, 0.25) is 0 Å². The van der Waals surface area contributed by atoms with E-state index in [0.29, 0.717) is 0 Å². The van der Waals surface area contributed by atoms with Crippen molar-refractivity contribution in [2.24, 2.45) is 7.05 Å². The molecule has 0 spiro atoms. The van der Waals surface area contributed by atoms with Gasteiger partial charge in [0.1, 0.15) is 11.4 Å². The number of aromatic nitrogens is 5. The summed E-state index contributed by atoms with van der Waals surface area (Å²) in [4.78, 5) is 0. The number of nitrogens with one attached hydrogen (secondary N) is 1. The fourth-order valence-electron chi connectivity index (χ4n) is 1.97. The Kier molecular flexibility index (Phi) is 4.09. The zero-order valence-electron chi connectivity index (χ0n) is 11.2. The van der Waals surface area contributed by atoms with Gasteiger partial charge in [-0.15, -0.1) is 5.10 Å². The molecule has 0 unspecified atom stereocenters. The van der Waals surface area contributed by atoms with Gasteiger partial charge in [0, 0.05) is 26.3 Å². The molecule has 6 nitrogen and oxygen atoms in total. The van der Waals surface area contributed by atoms with Crippen LogP contribution in [0, 0.1) is 0 Å². The van der Waals surface area contributed by atoms with Crippen LogP contribution in [0.2, 0.25) is 0 Å². The van der Waals surface area contributed by atoms with E-state index in [2.05, 4.69) is 34.6 Å². The lowest BCUT2D eigenvalue weighted by Gasteiger charge is -2.07. The molecule has 0 atom stereocenters. The average molecular weight is 248 g/mol. The molecule has 1 N–H and O–H groups in total. The van der Waals surface area contributed by atoms with Gasteiger partial charge in [-0.1, -0.05) is 19.1 Å². The highest BCUT2D eigenvalue weighted by Crippen LogP contribution is 2.21. The second-order valence-electron chi connectivity index (χ2n) is 4.23. The fourth-order valence-corrected chi connectivity index (χ4v) is 1.97. The Hall–Kier alpha value is -1.69. The first kappa shape index (κ1) is 12.8. The Morgan fingerprint density at radius 1 is 1.33 bits per heavy atom. The fraction of sp³-hybridized carbons (Fsp3) is 0.583. The zero-order valence-corrected chi connectivity index (χ0v) is 11.2. The molecule has 2 heterocycles. The molecule has 0 aromatic carbocycles. The van der Waals surface area contributed by atoms with E-state index in [1.165, 1.54) is 0 Å². The molecular weight excluding hydrogens is 228 g/mol. The van der Waals surface area contributed by atoms with Crippen LogP contribution in [0.5, 0.6) is 0 Å². The summed E-state index contributed by atoms with van der Waals surface area (Å²) in [6.07, 6.45) is 2.84. The molecule has 0 fully saturated rings. The van der Waals surface area contributed by atoms with Crippen molar-refractivity contribution >= 4 is 0 Å². The maximum atomic E-state index is 4.28. The van der Waals surface area contributed by atoms with Crippen molar-refractivity contribution in [3.05, 3.63) is 18.0 Å². The van der Waals surface area contributed by atoms with Gasteiger partial charge in [-0.05, 0) is 19.0 Å². The summed E-state index contributed by atoms with van der Waals surface area (Å²) in [5.41, 5.74) is 3.10. The molecule has 2 aromatic rings. The lowest BCUT2D eigenvalue weighted by Crippen LogP contribution is -2.14. The monoisotopic (exact) mass is 248 g/mol. The first-order chi connectivity index (χ1) is 8.77. The Bertz CT molecular complexity index is 498. The molecule has 0 radical (unpaired) electrons. The van der Waals surface area contributed by atoms with Gasteiger partial charge in [-0.3, -0.25) is 4.68 Å². The van der Waals surface area contributed by atoms with Gasteiger partial charge in [-0.2, -0.15) is 5.10 Å². The van der Waals surface area contributed by atoms with E-state index in [-0.39, 0.29) is 0 Å². The number of hydrogen-bond acceptors (Lipinski definition) is 4. The molecule has 0 aliphatic rings. The highest BCUT2D eigenvalue weighted by atomic mass is 15.4. The lowest BCUT2D eigenvalue weighted by molar-refractivity contribution is 0.580. The quantitative estimate of drug-likeness (QED) is 0.834. The molecule has 6 heteroatoms. The van der Waals surface area contributed by atoms with Crippen LogP contribution in [0.3, 0.4) is 0 Å². The molecule has 0 aliphatic heterocycles. The van der Waals surface area contributed by atoms with E-state index in [4.69, 9.17) is 0 Å². The van der Waals surface area contributed by atoms with E-state index >= 15 is 0 Å². The van der Waals surface area contributed by atoms with Gasteiger partial charge >= 0.3 is 0 Å². The third-order valence-electron chi connectivity index (χ3n) is 2.85. The second-order valence-corrected chi connectivity index (χ2v) is 4.23. The summed E-state index contributed by atoms with van der Waals surface area (Å²) >= 11 is 0. The van der Waals surface area contributed by atoms with Crippen LogP contribution in [0.25, 0.3) is 11.4 Å². The molecule has 2 aromatic heterocycles. The van der Waals surface area contributed by atoms with Crippen LogP contribution >= 0.6 is 0 Å². The standard InChI is InChI=1S/C12H20N6/c1-4-8-18-12(11-6-7-14-17(11)3)10(15-16-18)9-13-5-2/h6-7,13H,4-5,8-9H2,1-3H3. The van der Waals surface area contributed by atoms with E-state index in [0.717, 1.165) is 43.1 Å². The Morgan fingerprint density at radius 3 is 2.78 bits per heavy atom. The average Bonchev–Trinajstić information content (AvgIpc) is 2.93. The van der Waals surface area contributed by atoms with Crippen LogP contribution in [-0.2, 0) is 20.1 Å². The first-order valence-electron chi connectivity index (χ1n) is 6.39. The second kappa shape index (κ2) is 5.77. The summed E-state index contributed by atoms with van der Waals surface area (Å²) in [6.45, 7) is 6.75. The van der Waals surface area contributed by atoms with Crippen LogP contribution in [0.4, 0.5) is 0 Å². The lowest BCUT2D eigenvalue weighted by atomic mass is 10.2. The minimum atomic E-state index is 0.737. The van der Waals surface area contributed by atoms with Crippen LogP contribution in [0.15, 0.2) is 12.3 Å². The molecule has 0 saturated heterocycles. The first-order valence-corrected chi connectivity index (χ1v) is 6.39. The van der Waals surface area contributed by atoms with Crippen molar-refractivity contribution in [2.75, 3.05) is 6.54 Å². The van der Waals surface area contributed by atoms with Gasteiger partial charge < -0.3 is 5.32 Å². The maximum absolute atomic E-state index is 4.28. The Morgan fingerprint density at radius 2 is 2.17 bits per heavy atom. The van der Waals surface area contributed by atoms with Crippen LogP contribution < -0.4 is 5.32 Å². The highest BCUT2D eigenvalue weighted by Gasteiger charge is 2.16. The van der Waals surface area contributed by atoms with Gasteiger partial charge in [0.25, 0.3) is 0 Å². The Labute approximate surface area is 107 Å². The highest BCUT2D eigenvalue weighted by molar-refractivity contribution is 5.57. The summed E-state index contributed by atoms with van der Waals surface area (Å²) in [7, 11) is 1.94. The predicted octanol–water partition coefficient (Wildman–Crippen LogP) is 1.20. The van der Waals surface area contributed by atoms with Crippen LogP contribution in [0.1, 0.15) is 26.0 Å². The van der Waals surface area contributed by atoms with Crippen molar-refractivity contribution in [1.82, 2.24) is 30.1 Å². The minimum Gasteiger partial charge on any atom is -0.311 e. The zero-order chi connectivity index (χ0) is 13.0. The van der Waals surface area contributed by atoms with E-state index in [1.54, 1.807) is 6.20 Å². The SMILES string of the molecule is CCCn1nnc(CNCC)c1-c1ccnn1C. The summed E-state index contributed by atoms with van der Waals surface area (Å²) in [6, 6.07) is 2.00. The predicted molar refractivity (Wildman–Crippen MR) is 69.9 cm³/mol. The van der Waals surface area contributed by atoms with Gasteiger partial charge in [0.15, 0.2) is 0 Å². The van der Waals surface area contributed by atoms with Gasteiger partial charge in [0.05, 0.1) is 5.69 Å². The third-order valence-corrected chi connectivity index (χ3v) is 2.85. The molecule has 0 saturated carbocycles. The minimum absolute atomic E-state index is 0.737. The van der Waals surface area contributed by atoms with Gasteiger partial charge in [-0.25, -0.2) is 4.68 Å². The van der Waals surface area contributed by atoms with Crippen molar-refractivity contribution in [3.8, 4) is 11.4 Å². The van der Waals surface area contributed by atoms with Crippen LogP contribution in [-0.4, -0.2) is 31.3 Å². The van der Waals surface area contributed by atoms with Crippen molar-refractivity contribution in [1.29, 1.82) is 0 Å². The molecule has 18 heavy (non-hydrogen) atoms. The molecule has 98 valence electrons. The number of aryl methyl sites for hydroxylation is 2. The summed E-state index contributed by atoms with van der Waals surface area (Å²) in [5, 5.41) is 16.0. The maximum Gasteiger partial charge on any atom is 0.111 e. The molecule has 0 amide bonds. The molecule has 0 aliphatic carbocycles. The van der Waals surface area contributed by atoms with Crippen molar-refractivity contribution in [2.45, 2.75) is 33.4 Å². The summed E-state index contributed by atoms with van der Waals surface area (Å²) in [5.74, 6) is 0. The largest absolute Gasteiger partial charge is 0.311 e. The molecule has 0 bridgehead atoms. The van der Waals surface area contributed by atoms with Crippen molar-refractivity contribution in [3.63, 3.8) is 0 Å². The number of hydrogen-bond donors (Lipinski definition) is 1. The molecule has 2 rings (SSSR count). The smallest absolute Gasteiger partial charge is 0.111 e. The van der Waals surface area contributed by atoms with E-state index in [9.17, 15) is 0 Å².